The summed E-state index contributed by atoms with van der Waals surface area (Å²) in [6, 6.07) is 16.6. The number of pyridine rings is 1. The molecule has 0 saturated heterocycles. The molecule has 0 aliphatic heterocycles. The third-order valence-corrected chi connectivity index (χ3v) is 7.88. The maximum atomic E-state index is 15.1. The number of carbonyl (C=O) groups excluding carboxylic acids is 1. The van der Waals surface area contributed by atoms with Crippen molar-refractivity contribution < 1.29 is 9.18 Å². The fourth-order valence-electron chi connectivity index (χ4n) is 6.06. The van der Waals surface area contributed by atoms with Crippen LogP contribution in [-0.2, 0) is 16.6 Å². The van der Waals surface area contributed by atoms with Gasteiger partial charge in [-0.2, -0.15) is 5.26 Å². The number of rotatable bonds is 2. The van der Waals surface area contributed by atoms with Crippen LogP contribution in [0.25, 0.3) is 33.4 Å². The number of aromatic nitrogens is 3. The number of halogens is 1. The zero-order valence-electron chi connectivity index (χ0n) is 20.0. The zero-order valence-corrected chi connectivity index (χ0v) is 20.0. The molecule has 0 fully saturated rings. The standard InChI is InChI=1S/C30H23FN4O/c1-17-24-12-11-22-26(21-9-5-6-10-25(21)31)34-29(23-16-33-15-18-7-3-4-8-20(18)23)35-28(22)30(24,2)13-19(14-32)27(17)36/h3-10,13,15-17,24H,11-12H2,1-2H3/t17?,24?,30-/m1/s1. The van der Waals surface area contributed by atoms with Crippen molar-refractivity contribution in [1.29, 1.82) is 5.26 Å². The molecule has 0 spiro atoms. The van der Waals surface area contributed by atoms with E-state index in [2.05, 4.69) is 11.1 Å². The fourth-order valence-corrected chi connectivity index (χ4v) is 6.06. The first-order valence-corrected chi connectivity index (χ1v) is 12.1. The van der Waals surface area contributed by atoms with E-state index in [0.29, 0.717) is 23.5 Å². The highest BCUT2D eigenvalue weighted by molar-refractivity contribution is 6.02. The molecule has 2 heterocycles. The summed E-state index contributed by atoms with van der Waals surface area (Å²) in [7, 11) is 0. The molecular weight excluding hydrogens is 451 g/mol. The van der Waals surface area contributed by atoms with E-state index in [0.717, 1.165) is 34.0 Å². The molecule has 36 heavy (non-hydrogen) atoms. The van der Waals surface area contributed by atoms with Gasteiger partial charge in [0, 0.05) is 45.8 Å². The maximum Gasteiger partial charge on any atom is 0.176 e. The van der Waals surface area contributed by atoms with Crippen LogP contribution in [0.4, 0.5) is 4.39 Å². The van der Waals surface area contributed by atoms with Crippen molar-refractivity contribution in [2.24, 2.45) is 11.8 Å². The summed E-state index contributed by atoms with van der Waals surface area (Å²) in [6.07, 6.45) is 6.66. The van der Waals surface area contributed by atoms with E-state index in [1.54, 1.807) is 36.7 Å². The smallest absolute Gasteiger partial charge is 0.176 e. The minimum Gasteiger partial charge on any atom is -0.293 e. The third-order valence-electron chi connectivity index (χ3n) is 7.88. The lowest BCUT2D eigenvalue weighted by Gasteiger charge is -2.45. The molecule has 0 N–H and O–H groups in total. The molecule has 2 unspecified atom stereocenters. The molecule has 2 aromatic carbocycles. The van der Waals surface area contributed by atoms with Crippen LogP contribution in [0.15, 0.2) is 72.6 Å². The van der Waals surface area contributed by atoms with Crippen molar-refractivity contribution in [2.45, 2.75) is 32.1 Å². The number of allylic oxidation sites excluding steroid dienone is 2. The summed E-state index contributed by atoms with van der Waals surface area (Å²) >= 11 is 0. The van der Waals surface area contributed by atoms with Crippen LogP contribution in [-0.4, -0.2) is 20.7 Å². The Balaban J connectivity index is 1.70. The lowest BCUT2D eigenvalue weighted by atomic mass is 9.57. The van der Waals surface area contributed by atoms with E-state index >= 15 is 4.39 Å². The van der Waals surface area contributed by atoms with Gasteiger partial charge >= 0.3 is 0 Å². The van der Waals surface area contributed by atoms with Gasteiger partial charge in [0.15, 0.2) is 11.6 Å². The van der Waals surface area contributed by atoms with Crippen LogP contribution in [0.1, 0.15) is 31.5 Å². The molecule has 2 aliphatic carbocycles. The van der Waals surface area contributed by atoms with Crippen LogP contribution in [0.2, 0.25) is 0 Å². The van der Waals surface area contributed by atoms with E-state index < -0.39 is 5.41 Å². The molecule has 3 atom stereocenters. The second-order valence-electron chi connectivity index (χ2n) is 9.86. The number of carbonyl (C=O) groups is 1. The molecule has 2 aliphatic rings. The van der Waals surface area contributed by atoms with Gasteiger partial charge in [0.1, 0.15) is 11.9 Å². The number of hydrogen-bond acceptors (Lipinski definition) is 5. The fraction of sp³-hybridized carbons (Fsp3) is 0.233. The summed E-state index contributed by atoms with van der Waals surface area (Å²) in [5, 5.41) is 11.6. The molecule has 5 nitrogen and oxygen atoms in total. The van der Waals surface area contributed by atoms with Crippen LogP contribution in [0.5, 0.6) is 0 Å². The SMILES string of the molecule is CC1C(=O)C(C#N)=C[C@@]2(C)c3nc(-c4cncc5ccccc45)nc(-c4ccccc4F)c3CCC12. The number of nitrogens with zero attached hydrogens (tertiary/aromatic N) is 4. The summed E-state index contributed by atoms with van der Waals surface area (Å²) in [5.74, 6) is -0.346. The number of benzene rings is 2. The Morgan fingerprint density at radius 1 is 1.06 bits per heavy atom. The zero-order chi connectivity index (χ0) is 25.0. The van der Waals surface area contributed by atoms with Gasteiger partial charge in [-0.15, -0.1) is 0 Å². The molecule has 6 heteroatoms. The Bertz CT molecular complexity index is 1630. The van der Waals surface area contributed by atoms with Crippen molar-refractivity contribution in [3.63, 3.8) is 0 Å². The van der Waals surface area contributed by atoms with Crippen LogP contribution in [0, 0.1) is 29.0 Å². The summed E-state index contributed by atoms with van der Waals surface area (Å²) in [6.45, 7) is 3.94. The average molecular weight is 475 g/mol. The van der Waals surface area contributed by atoms with Gasteiger partial charge in [0.05, 0.1) is 17.0 Å². The summed E-state index contributed by atoms with van der Waals surface area (Å²) < 4.78 is 15.1. The predicted molar refractivity (Wildman–Crippen MR) is 135 cm³/mol. The topological polar surface area (TPSA) is 79.5 Å². The van der Waals surface area contributed by atoms with Crippen molar-refractivity contribution in [1.82, 2.24) is 15.0 Å². The highest BCUT2D eigenvalue weighted by Crippen LogP contribution is 2.51. The second kappa shape index (κ2) is 8.17. The first-order valence-electron chi connectivity index (χ1n) is 12.1. The molecule has 2 aromatic heterocycles. The number of Topliss-reactive ketones (excluding diaryl/α,β-unsaturated/α-hetero) is 1. The average Bonchev–Trinajstić information content (AvgIpc) is 2.90. The molecular formula is C30H23FN4O. The van der Waals surface area contributed by atoms with Gasteiger partial charge in [-0.05, 0) is 36.3 Å². The van der Waals surface area contributed by atoms with Crippen molar-refractivity contribution >= 4 is 16.6 Å². The van der Waals surface area contributed by atoms with Crippen LogP contribution in [0.3, 0.4) is 0 Å². The number of nitriles is 1. The van der Waals surface area contributed by atoms with Gasteiger partial charge in [0.25, 0.3) is 0 Å². The van der Waals surface area contributed by atoms with Gasteiger partial charge in [0.2, 0.25) is 0 Å². The Kier molecular flexibility index (Phi) is 5.04. The van der Waals surface area contributed by atoms with Crippen LogP contribution < -0.4 is 0 Å². The first-order chi connectivity index (χ1) is 17.4. The monoisotopic (exact) mass is 474 g/mol. The summed E-state index contributed by atoms with van der Waals surface area (Å²) in [4.78, 5) is 27.3. The highest BCUT2D eigenvalue weighted by atomic mass is 19.1. The molecule has 6 rings (SSSR count). The third kappa shape index (κ3) is 3.20. The maximum absolute atomic E-state index is 15.1. The number of fused-ring (bicyclic) bond motifs is 4. The minimum atomic E-state index is -0.665. The van der Waals surface area contributed by atoms with E-state index in [-0.39, 0.29) is 29.0 Å². The Hall–Kier alpha value is -4.24. The predicted octanol–water partition coefficient (Wildman–Crippen LogP) is 5.99. The van der Waals surface area contributed by atoms with Crippen molar-refractivity contribution in [3.05, 3.63) is 89.6 Å². The molecule has 176 valence electrons. The van der Waals surface area contributed by atoms with Gasteiger partial charge in [-0.25, -0.2) is 14.4 Å². The molecule has 4 aromatic rings. The van der Waals surface area contributed by atoms with Gasteiger partial charge in [-0.3, -0.25) is 9.78 Å². The molecule has 0 radical (unpaired) electrons. The lowest BCUT2D eigenvalue weighted by molar-refractivity contribution is -0.121. The van der Waals surface area contributed by atoms with E-state index in [4.69, 9.17) is 9.97 Å². The van der Waals surface area contributed by atoms with E-state index in [1.807, 2.05) is 38.1 Å². The highest BCUT2D eigenvalue weighted by Gasteiger charge is 2.49. The number of hydrogen-bond donors (Lipinski definition) is 0. The normalized spacial score (nSPS) is 22.9. The Morgan fingerprint density at radius 2 is 1.83 bits per heavy atom. The minimum absolute atomic E-state index is 0.0172. The van der Waals surface area contributed by atoms with E-state index in [1.165, 1.54) is 6.07 Å². The van der Waals surface area contributed by atoms with Gasteiger partial charge < -0.3 is 0 Å². The van der Waals surface area contributed by atoms with E-state index in [9.17, 15) is 10.1 Å². The van der Waals surface area contributed by atoms with Crippen LogP contribution >= 0.6 is 0 Å². The van der Waals surface area contributed by atoms with Gasteiger partial charge in [-0.1, -0.05) is 56.3 Å². The van der Waals surface area contributed by atoms with Crippen molar-refractivity contribution in [3.8, 4) is 28.7 Å². The lowest BCUT2D eigenvalue weighted by Crippen LogP contribution is -2.46. The number of ketones is 1. The first kappa shape index (κ1) is 22.2. The Labute approximate surface area is 208 Å². The largest absolute Gasteiger partial charge is 0.293 e. The molecule has 0 saturated carbocycles. The Morgan fingerprint density at radius 3 is 2.64 bits per heavy atom. The molecule has 0 bridgehead atoms. The van der Waals surface area contributed by atoms with Crippen molar-refractivity contribution in [2.75, 3.05) is 0 Å². The quantitative estimate of drug-likeness (QED) is 0.357. The second-order valence-corrected chi connectivity index (χ2v) is 9.86. The summed E-state index contributed by atoms with van der Waals surface area (Å²) in [5.41, 5.74) is 2.83. The molecule has 0 amide bonds.